The number of nitrogens with zero attached hydrogens (tertiary/aromatic N) is 4. The van der Waals surface area contributed by atoms with Crippen LogP contribution in [0.2, 0.25) is 0 Å². The molecule has 4 rings (SSSR count). The van der Waals surface area contributed by atoms with Gasteiger partial charge in [-0.05, 0) is 55.6 Å². The molecule has 0 bridgehead atoms. The van der Waals surface area contributed by atoms with Crippen molar-refractivity contribution in [1.82, 2.24) is 9.88 Å². The molecule has 0 unspecified atom stereocenters. The predicted octanol–water partition coefficient (Wildman–Crippen LogP) is 4.19. The average Bonchev–Trinajstić information content (AvgIpc) is 2.68. The number of fused-ring (bicyclic) bond motifs is 2. The van der Waals surface area contributed by atoms with E-state index in [1.807, 2.05) is 12.3 Å². The summed E-state index contributed by atoms with van der Waals surface area (Å²) in [6.07, 6.45) is 13.5. The molecule has 1 aromatic rings. The fourth-order valence-electron chi connectivity index (χ4n) is 5.86. The average molecular weight is 334 g/mol. The molecule has 4 atom stereocenters. The Morgan fingerprint density at radius 2 is 1.68 bits per heavy atom. The Labute approximate surface area is 150 Å². The van der Waals surface area contributed by atoms with Crippen LogP contribution >= 0.6 is 0 Å². The summed E-state index contributed by atoms with van der Waals surface area (Å²) in [7, 11) is 0. The Morgan fingerprint density at radius 1 is 1.04 bits per heavy atom. The zero-order valence-corrected chi connectivity index (χ0v) is 14.8. The molecular formula is C21H26N4. The molecule has 25 heavy (non-hydrogen) atoms. The van der Waals surface area contributed by atoms with Crippen molar-refractivity contribution in [2.75, 3.05) is 0 Å². The second-order valence-corrected chi connectivity index (χ2v) is 8.14. The first-order valence-corrected chi connectivity index (χ1v) is 9.74. The SMILES string of the molecule is N#C[C@]12CCCC[C@H]1C[C@H]1CCCC[C@@]1(C#N)N2Cc1cccnc1. The Balaban J connectivity index is 1.81. The minimum atomic E-state index is -0.475. The lowest BCUT2D eigenvalue weighted by Crippen LogP contribution is -2.70. The number of likely N-dealkylation sites (tertiary alicyclic amines) is 1. The normalized spacial score (nSPS) is 38.0. The smallest absolute Gasteiger partial charge is 0.113 e. The van der Waals surface area contributed by atoms with Crippen LogP contribution in [0.3, 0.4) is 0 Å². The molecule has 4 heteroatoms. The van der Waals surface area contributed by atoms with Crippen LogP contribution in [0.15, 0.2) is 24.5 Å². The van der Waals surface area contributed by atoms with Gasteiger partial charge in [-0.2, -0.15) is 10.5 Å². The van der Waals surface area contributed by atoms with Crippen LogP contribution in [0.4, 0.5) is 0 Å². The van der Waals surface area contributed by atoms with E-state index in [0.717, 1.165) is 50.5 Å². The quantitative estimate of drug-likeness (QED) is 0.813. The second kappa shape index (κ2) is 6.43. The fourth-order valence-corrected chi connectivity index (χ4v) is 5.86. The monoisotopic (exact) mass is 334 g/mol. The summed E-state index contributed by atoms with van der Waals surface area (Å²) in [6, 6.07) is 9.50. The van der Waals surface area contributed by atoms with E-state index in [-0.39, 0.29) is 0 Å². The molecule has 3 fully saturated rings. The molecule has 2 aliphatic carbocycles. The summed E-state index contributed by atoms with van der Waals surface area (Å²) in [5.74, 6) is 0.819. The molecule has 1 aromatic heterocycles. The van der Waals surface area contributed by atoms with Gasteiger partial charge in [-0.15, -0.1) is 0 Å². The third kappa shape index (κ3) is 2.47. The van der Waals surface area contributed by atoms with E-state index in [0.29, 0.717) is 18.4 Å². The van der Waals surface area contributed by atoms with Gasteiger partial charge in [0, 0.05) is 18.9 Å². The Kier molecular flexibility index (Phi) is 4.26. The van der Waals surface area contributed by atoms with Gasteiger partial charge < -0.3 is 0 Å². The van der Waals surface area contributed by atoms with Crippen LogP contribution in [0, 0.1) is 34.5 Å². The number of nitriles is 2. The maximum Gasteiger partial charge on any atom is 0.113 e. The van der Waals surface area contributed by atoms with Crippen LogP contribution in [0.5, 0.6) is 0 Å². The number of hydrogen-bond acceptors (Lipinski definition) is 4. The van der Waals surface area contributed by atoms with Crippen LogP contribution in [-0.4, -0.2) is 21.0 Å². The van der Waals surface area contributed by atoms with E-state index in [2.05, 4.69) is 28.1 Å². The first-order chi connectivity index (χ1) is 12.2. The lowest BCUT2D eigenvalue weighted by atomic mass is 9.57. The highest BCUT2D eigenvalue weighted by Gasteiger charge is 2.61. The summed E-state index contributed by atoms with van der Waals surface area (Å²) in [5, 5.41) is 20.6. The van der Waals surface area contributed by atoms with Gasteiger partial charge in [0.1, 0.15) is 11.1 Å². The van der Waals surface area contributed by atoms with Crippen LogP contribution in [-0.2, 0) is 6.54 Å². The van der Waals surface area contributed by atoms with E-state index >= 15 is 0 Å². The van der Waals surface area contributed by atoms with Crippen LogP contribution in [0.25, 0.3) is 0 Å². The second-order valence-electron chi connectivity index (χ2n) is 8.14. The molecule has 0 amide bonds. The van der Waals surface area contributed by atoms with Gasteiger partial charge in [-0.25, -0.2) is 0 Å². The predicted molar refractivity (Wildman–Crippen MR) is 95.0 cm³/mol. The maximum absolute atomic E-state index is 10.3. The lowest BCUT2D eigenvalue weighted by molar-refractivity contribution is -0.117. The van der Waals surface area contributed by atoms with Crippen molar-refractivity contribution in [1.29, 1.82) is 10.5 Å². The number of rotatable bonds is 2. The molecule has 0 N–H and O–H groups in total. The molecule has 130 valence electrons. The number of piperidine rings is 1. The molecular weight excluding hydrogens is 308 g/mol. The van der Waals surface area contributed by atoms with Crippen LogP contribution < -0.4 is 0 Å². The summed E-state index contributed by atoms with van der Waals surface area (Å²) < 4.78 is 0. The van der Waals surface area contributed by atoms with Crippen molar-refractivity contribution in [2.45, 2.75) is 75.4 Å². The van der Waals surface area contributed by atoms with Crippen molar-refractivity contribution < 1.29 is 0 Å². The van der Waals surface area contributed by atoms with Gasteiger partial charge in [0.2, 0.25) is 0 Å². The third-order valence-corrected chi connectivity index (χ3v) is 7.05. The standard InChI is InChI=1S/C21H26N4/c22-15-20-9-3-1-7-18(20)12-19-8-2-4-10-21(19,16-23)25(20)14-17-6-5-11-24-13-17/h5-6,11,13,18-19H,1-4,7-10,12,14H2/t18-,19+,20+,21-. The van der Waals surface area contributed by atoms with Crippen molar-refractivity contribution in [2.24, 2.45) is 11.8 Å². The zero-order valence-electron chi connectivity index (χ0n) is 14.8. The van der Waals surface area contributed by atoms with E-state index in [1.54, 1.807) is 6.20 Å². The van der Waals surface area contributed by atoms with Gasteiger partial charge in [0.25, 0.3) is 0 Å². The van der Waals surface area contributed by atoms with E-state index in [4.69, 9.17) is 0 Å². The summed E-state index contributed by atoms with van der Waals surface area (Å²) >= 11 is 0. The number of pyridine rings is 1. The molecule has 4 nitrogen and oxygen atoms in total. The summed E-state index contributed by atoms with van der Waals surface area (Å²) in [5.41, 5.74) is 0.164. The summed E-state index contributed by atoms with van der Waals surface area (Å²) in [4.78, 5) is 6.60. The Bertz CT molecular complexity index is 663. The van der Waals surface area contributed by atoms with Crippen LogP contribution in [0.1, 0.15) is 63.4 Å². The van der Waals surface area contributed by atoms with Gasteiger partial charge >= 0.3 is 0 Å². The molecule has 0 spiro atoms. The fraction of sp³-hybridized carbons (Fsp3) is 0.667. The molecule has 0 aromatic carbocycles. The van der Waals surface area contributed by atoms with E-state index in [9.17, 15) is 10.5 Å². The zero-order chi connectivity index (χ0) is 17.3. The van der Waals surface area contributed by atoms with E-state index < -0.39 is 11.1 Å². The molecule has 1 aliphatic heterocycles. The highest BCUT2D eigenvalue weighted by atomic mass is 15.3. The highest BCUT2D eigenvalue weighted by molar-refractivity contribution is 5.28. The third-order valence-electron chi connectivity index (χ3n) is 7.05. The molecule has 1 saturated heterocycles. The number of hydrogen-bond donors (Lipinski definition) is 0. The van der Waals surface area contributed by atoms with Crippen molar-refractivity contribution in [3.05, 3.63) is 30.1 Å². The Morgan fingerprint density at radius 3 is 2.20 bits per heavy atom. The van der Waals surface area contributed by atoms with Crippen molar-refractivity contribution in [3.8, 4) is 12.1 Å². The first kappa shape index (κ1) is 16.6. The minimum absolute atomic E-state index is 0.410. The first-order valence-electron chi connectivity index (χ1n) is 9.74. The van der Waals surface area contributed by atoms with Gasteiger partial charge in [0.15, 0.2) is 0 Å². The molecule has 2 heterocycles. The van der Waals surface area contributed by atoms with Gasteiger partial charge in [-0.3, -0.25) is 9.88 Å². The van der Waals surface area contributed by atoms with Crippen molar-refractivity contribution >= 4 is 0 Å². The van der Waals surface area contributed by atoms with Crippen molar-refractivity contribution in [3.63, 3.8) is 0 Å². The molecule has 3 aliphatic rings. The highest BCUT2D eigenvalue weighted by Crippen LogP contribution is 2.56. The maximum atomic E-state index is 10.3. The topological polar surface area (TPSA) is 63.7 Å². The molecule has 0 radical (unpaired) electrons. The van der Waals surface area contributed by atoms with Gasteiger partial charge in [0.05, 0.1) is 12.1 Å². The lowest BCUT2D eigenvalue weighted by Gasteiger charge is -2.61. The van der Waals surface area contributed by atoms with E-state index in [1.165, 1.54) is 12.8 Å². The minimum Gasteiger partial charge on any atom is -0.264 e. The molecule has 2 saturated carbocycles. The Hall–Kier alpha value is -1.91. The summed E-state index contributed by atoms with van der Waals surface area (Å²) in [6.45, 7) is 0.669. The van der Waals surface area contributed by atoms with Gasteiger partial charge in [-0.1, -0.05) is 31.7 Å². The number of aromatic nitrogens is 1. The largest absolute Gasteiger partial charge is 0.264 e.